The quantitative estimate of drug-likeness (QED) is 0.818. The molecule has 9 heteroatoms. The third kappa shape index (κ3) is 3.28. The number of hydrogen-bond acceptors (Lipinski definition) is 6. The Balaban J connectivity index is 1.79. The number of ether oxygens (including phenoxy) is 1. The zero-order valence-electron chi connectivity index (χ0n) is 13.9. The fourth-order valence-electron chi connectivity index (χ4n) is 2.93. The van der Waals surface area contributed by atoms with Crippen LogP contribution in [0.2, 0.25) is 0 Å². The molecule has 0 radical (unpaired) electrons. The van der Waals surface area contributed by atoms with Crippen LogP contribution >= 0.6 is 0 Å². The minimum atomic E-state index is -1.23. The highest BCUT2D eigenvalue weighted by Gasteiger charge is 2.29. The molecule has 3 rings (SSSR count). The van der Waals surface area contributed by atoms with Gasteiger partial charge in [-0.2, -0.15) is 0 Å². The molecule has 9 nitrogen and oxygen atoms in total. The lowest BCUT2D eigenvalue weighted by Gasteiger charge is -2.37. The van der Waals surface area contributed by atoms with Crippen molar-refractivity contribution in [1.82, 2.24) is 14.5 Å². The van der Waals surface area contributed by atoms with E-state index in [-0.39, 0.29) is 16.7 Å². The minimum absolute atomic E-state index is 0.0433. The van der Waals surface area contributed by atoms with E-state index < -0.39 is 12.3 Å². The molecule has 1 amide bonds. The smallest absolute Gasteiger partial charge is 0.409 e. The number of rotatable bonds is 3. The average Bonchev–Trinajstić information content (AvgIpc) is 2.64. The predicted octanol–water partition coefficient (Wildman–Crippen LogP) is 0.667. The Kier molecular flexibility index (Phi) is 4.86. The minimum Gasteiger partial charge on any atom is -0.805 e. The fraction of sp³-hybridized carbons (Fsp3) is 0.438. The highest BCUT2D eigenvalue weighted by Crippen LogP contribution is 2.21. The second kappa shape index (κ2) is 7.08. The van der Waals surface area contributed by atoms with Crippen LogP contribution in [0.1, 0.15) is 18.8 Å². The van der Waals surface area contributed by atoms with E-state index in [9.17, 15) is 20.0 Å². The van der Waals surface area contributed by atoms with Gasteiger partial charge in [0.05, 0.1) is 11.0 Å². The van der Waals surface area contributed by atoms with Gasteiger partial charge in [0.15, 0.2) is 6.23 Å². The van der Waals surface area contributed by atoms with E-state index in [0.717, 1.165) is 6.20 Å². The molecule has 1 aromatic heterocycles. The number of piperazine rings is 1. The van der Waals surface area contributed by atoms with Gasteiger partial charge < -0.3 is 24.7 Å². The van der Waals surface area contributed by atoms with E-state index in [0.29, 0.717) is 41.9 Å². The second-order valence-corrected chi connectivity index (χ2v) is 5.76. The van der Waals surface area contributed by atoms with Crippen molar-refractivity contribution in [3.05, 3.63) is 46.3 Å². The third-order valence-corrected chi connectivity index (χ3v) is 4.27. The molecule has 1 N–H and O–H groups in total. The molecule has 0 aliphatic carbocycles. The number of aliphatic hydroxyl groups is 1. The molecule has 1 unspecified atom stereocenters. The summed E-state index contributed by atoms with van der Waals surface area (Å²) in [7, 11) is 0. The van der Waals surface area contributed by atoms with Crippen molar-refractivity contribution in [2.24, 2.45) is 0 Å². The van der Waals surface area contributed by atoms with Gasteiger partial charge in [0, 0.05) is 37.2 Å². The normalized spacial score (nSPS) is 16.8. The van der Waals surface area contributed by atoms with Gasteiger partial charge in [0.25, 0.3) is 11.7 Å². The number of para-hydroxylation sites is 2. The van der Waals surface area contributed by atoms with Gasteiger partial charge in [0.2, 0.25) is 0 Å². The van der Waals surface area contributed by atoms with E-state index in [1.54, 1.807) is 34.9 Å². The van der Waals surface area contributed by atoms with Crippen LogP contribution in [-0.4, -0.2) is 58.5 Å². The first-order valence-corrected chi connectivity index (χ1v) is 8.11. The second-order valence-electron chi connectivity index (χ2n) is 5.76. The molecule has 25 heavy (non-hydrogen) atoms. The van der Waals surface area contributed by atoms with Gasteiger partial charge in [-0.3, -0.25) is 4.90 Å². The molecule has 0 spiro atoms. The number of hydrogen-bond donors (Lipinski definition) is 1. The summed E-state index contributed by atoms with van der Waals surface area (Å²) in [5, 5.41) is 23.1. The first kappa shape index (κ1) is 17.2. The topological polar surface area (TPSA) is 104 Å². The lowest BCUT2D eigenvalue weighted by molar-refractivity contribution is -0.466. The van der Waals surface area contributed by atoms with Gasteiger partial charge in [-0.25, -0.2) is 4.79 Å². The van der Waals surface area contributed by atoms with Crippen molar-refractivity contribution < 1.29 is 19.1 Å². The molecule has 0 saturated carbocycles. The summed E-state index contributed by atoms with van der Waals surface area (Å²) in [5.41, 5.74) is 0.387. The van der Waals surface area contributed by atoms with E-state index in [1.165, 1.54) is 6.07 Å². The summed E-state index contributed by atoms with van der Waals surface area (Å²) < 4.78 is 6.11. The summed E-state index contributed by atoms with van der Waals surface area (Å²) in [4.78, 5) is 27.0. The van der Waals surface area contributed by atoms with Crippen molar-refractivity contribution in [3.8, 4) is 0 Å². The summed E-state index contributed by atoms with van der Waals surface area (Å²) >= 11 is 0. The van der Waals surface area contributed by atoms with Gasteiger partial charge in [-0.05, 0) is 13.0 Å². The SMILES string of the molecule is CCOC(=O)N1CCN(C(O)c2c[n+](=O)c3ccccc3n2[O-])CC1. The zero-order chi connectivity index (χ0) is 18.0. The monoisotopic (exact) mass is 348 g/mol. The molecular formula is C16H20N4O5. The van der Waals surface area contributed by atoms with Gasteiger partial charge in [-0.15, -0.1) is 0 Å². The van der Waals surface area contributed by atoms with Crippen LogP contribution in [-0.2, 0) is 4.74 Å². The number of fused-ring (bicyclic) bond motifs is 1. The van der Waals surface area contributed by atoms with Crippen LogP contribution in [0.4, 0.5) is 4.79 Å². The maximum Gasteiger partial charge on any atom is 0.409 e. The van der Waals surface area contributed by atoms with Crippen LogP contribution in [0.15, 0.2) is 30.5 Å². The van der Waals surface area contributed by atoms with Crippen LogP contribution in [0.25, 0.3) is 11.0 Å². The number of aromatic nitrogens is 2. The van der Waals surface area contributed by atoms with Gasteiger partial charge in [-0.1, -0.05) is 12.1 Å². The number of amides is 1. The molecule has 1 atom stereocenters. The summed E-state index contributed by atoms with van der Waals surface area (Å²) in [5.74, 6) is 0. The van der Waals surface area contributed by atoms with E-state index in [2.05, 4.69) is 0 Å². The standard InChI is InChI=1S/C16H20N4O5/c1-2-25-16(22)18-9-7-17(8-10-18)15(21)14-11-19(23)12-5-3-4-6-13(12)20(14)24/h3-6,11,15,21H,2,7-10H2,1H3. The van der Waals surface area contributed by atoms with Crippen molar-refractivity contribution >= 4 is 17.1 Å². The Morgan fingerprint density at radius 3 is 2.68 bits per heavy atom. The van der Waals surface area contributed by atoms with Crippen LogP contribution < -0.4 is 4.43 Å². The first-order valence-electron chi connectivity index (χ1n) is 8.11. The summed E-state index contributed by atoms with van der Waals surface area (Å²) in [6, 6.07) is 6.41. The lowest BCUT2D eigenvalue weighted by atomic mass is 10.2. The Morgan fingerprint density at radius 2 is 2.00 bits per heavy atom. The van der Waals surface area contributed by atoms with E-state index in [4.69, 9.17) is 4.74 Å². The Bertz CT molecular complexity index is 829. The van der Waals surface area contributed by atoms with Crippen LogP contribution in [0, 0.1) is 10.1 Å². The molecule has 2 aromatic rings. The van der Waals surface area contributed by atoms with Crippen LogP contribution in [0.3, 0.4) is 0 Å². The Labute approximate surface area is 143 Å². The molecule has 1 aliphatic heterocycles. The third-order valence-electron chi connectivity index (χ3n) is 4.27. The number of carbonyl (C=O) groups is 1. The fourth-order valence-corrected chi connectivity index (χ4v) is 2.93. The van der Waals surface area contributed by atoms with Crippen molar-refractivity contribution in [1.29, 1.82) is 0 Å². The van der Waals surface area contributed by atoms with Crippen molar-refractivity contribution in [3.63, 3.8) is 0 Å². The van der Waals surface area contributed by atoms with Crippen molar-refractivity contribution in [2.75, 3.05) is 32.8 Å². The molecule has 134 valence electrons. The zero-order valence-corrected chi connectivity index (χ0v) is 13.9. The highest BCUT2D eigenvalue weighted by molar-refractivity contribution is 5.71. The van der Waals surface area contributed by atoms with Gasteiger partial charge >= 0.3 is 6.09 Å². The Hall–Kier alpha value is -2.65. The van der Waals surface area contributed by atoms with Crippen molar-refractivity contribution in [2.45, 2.75) is 13.2 Å². The highest BCUT2D eigenvalue weighted by atomic mass is 16.6. The number of nitrogens with zero attached hydrogens (tertiary/aromatic N) is 4. The molecule has 0 bridgehead atoms. The van der Waals surface area contributed by atoms with E-state index >= 15 is 0 Å². The lowest BCUT2D eigenvalue weighted by Crippen LogP contribution is -2.50. The molecular weight excluding hydrogens is 328 g/mol. The summed E-state index contributed by atoms with van der Waals surface area (Å²) in [6.07, 6.45) is -0.525. The first-order chi connectivity index (χ1) is 12.0. The van der Waals surface area contributed by atoms with Gasteiger partial charge in [0.1, 0.15) is 11.2 Å². The maximum atomic E-state index is 12.5. The number of benzene rings is 1. The molecule has 1 fully saturated rings. The van der Waals surface area contributed by atoms with E-state index in [1.807, 2.05) is 0 Å². The average molecular weight is 348 g/mol. The van der Waals surface area contributed by atoms with Crippen LogP contribution in [0.5, 0.6) is 0 Å². The predicted molar refractivity (Wildman–Crippen MR) is 89.2 cm³/mol. The Morgan fingerprint density at radius 1 is 1.32 bits per heavy atom. The number of carbonyl (C=O) groups excluding carboxylic acids is 1. The molecule has 1 aliphatic rings. The largest absolute Gasteiger partial charge is 0.805 e. The maximum absolute atomic E-state index is 12.5. The summed E-state index contributed by atoms with van der Waals surface area (Å²) in [6.45, 7) is 3.53. The number of aliphatic hydroxyl groups excluding tert-OH is 1. The molecule has 1 aromatic carbocycles. The molecule has 2 heterocycles. The molecule has 1 saturated heterocycles.